The Kier molecular flexibility index (Phi) is 5.93. The highest BCUT2D eigenvalue weighted by molar-refractivity contribution is 5.87. The van der Waals surface area contributed by atoms with E-state index in [1.54, 1.807) is 0 Å². The third-order valence-electron chi connectivity index (χ3n) is 6.32. The van der Waals surface area contributed by atoms with Crippen molar-refractivity contribution >= 4 is 0 Å². The van der Waals surface area contributed by atoms with Crippen LogP contribution < -0.4 is 0 Å². The van der Waals surface area contributed by atoms with Gasteiger partial charge in [0.25, 0.3) is 0 Å². The molecule has 0 aliphatic carbocycles. The van der Waals surface area contributed by atoms with Crippen LogP contribution in [0.5, 0.6) is 5.75 Å². The molecule has 0 unspecified atom stereocenters. The van der Waals surface area contributed by atoms with E-state index in [1.165, 1.54) is 11.1 Å². The summed E-state index contributed by atoms with van der Waals surface area (Å²) in [5.74, 6) is 0.0710. The topological polar surface area (TPSA) is 19.9 Å². The van der Waals surface area contributed by atoms with Gasteiger partial charge in [0.1, 0.15) is 0 Å². The molecular weight excluding hydrogens is 400 g/mol. The zero-order valence-electron chi connectivity index (χ0n) is 20.6. The van der Waals surface area contributed by atoms with Crippen molar-refractivity contribution in [2.24, 2.45) is 0 Å². The maximum atomic E-state index is 13.7. The van der Waals surface area contributed by atoms with Gasteiger partial charge in [-0.3, -0.25) is 5.11 Å². The summed E-state index contributed by atoms with van der Waals surface area (Å²) in [5.41, 5.74) is 8.23. The largest absolute Gasteiger partial charge is 0.289 e. The lowest BCUT2D eigenvalue weighted by atomic mass is 9.85. The molecule has 0 saturated carbocycles. The molecule has 0 aromatic heterocycles. The maximum Gasteiger partial charge on any atom is 0.194 e. The van der Waals surface area contributed by atoms with Crippen LogP contribution >= 0.6 is 0 Å². The minimum absolute atomic E-state index is 0.0710. The lowest BCUT2D eigenvalue weighted by Gasteiger charge is -2.20. The van der Waals surface area contributed by atoms with Crippen molar-refractivity contribution in [2.75, 3.05) is 0 Å². The highest BCUT2D eigenvalue weighted by atomic mass is 16.3. The van der Waals surface area contributed by atoms with Crippen molar-refractivity contribution in [3.63, 3.8) is 0 Å². The summed E-state index contributed by atoms with van der Waals surface area (Å²) >= 11 is 0. The molecule has 4 rings (SSSR count). The predicted octanol–water partition coefficient (Wildman–Crippen LogP) is 9.43. The van der Waals surface area contributed by atoms with Crippen LogP contribution in [0.4, 0.5) is 0 Å². The maximum absolute atomic E-state index is 13.7. The summed E-state index contributed by atoms with van der Waals surface area (Å²) in [7, 11) is 0. The van der Waals surface area contributed by atoms with E-state index in [4.69, 9.17) is 0 Å². The average Bonchev–Trinajstić information content (AvgIpc) is 2.79. The van der Waals surface area contributed by atoms with Gasteiger partial charge in [-0.25, -0.2) is 0 Å². The van der Waals surface area contributed by atoms with E-state index in [1.807, 2.05) is 30.3 Å². The lowest BCUT2D eigenvalue weighted by molar-refractivity contribution is 0.358. The van der Waals surface area contributed by atoms with E-state index >= 15 is 0 Å². The van der Waals surface area contributed by atoms with Gasteiger partial charge in [-0.1, -0.05) is 120 Å². The molecule has 0 atom stereocenters. The van der Waals surface area contributed by atoms with E-state index in [2.05, 4.69) is 102 Å². The molecule has 0 aliphatic rings. The van der Waals surface area contributed by atoms with Crippen LogP contribution in [0.1, 0.15) is 52.7 Å². The van der Waals surface area contributed by atoms with Gasteiger partial charge in [0, 0.05) is 11.1 Å². The van der Waals surface area contributed by atoms with Crippen molar-refractivity contribution < 1.29 is 5.11 Å². The fraction of sp³-hybridized carbons (Fsp3) is 0.250. The molecule has 0 aliphatic heterocycles. The van der Waals surface area contributed by atoms with Crippen LogP contribution in [-0.4, -0.2) is 0 Å². The molecule has 33 heavy (non-hydrogen) atoms. The molecule has 0 fully saturated rings. The number of hydrogen-bond donors (Lipinski definition) is 0. The Morgan fingerprint density at radius 2 is 0.848 bits per heavy atom. The molecular formula is C32H33O. The van der Waals surface area contributed by atoms with E-state index in [0.29, 0.717) is 0 Å². The van der Waals surface area contributed by atoms with Gasteiger partial charge >= 0.3 is 0 Å². The van der Waals surface area contributed by atoms with E-state index in [9.17, 15) is 5.11 Å². The fourth-order valence-corrected chi connectivity index (χ4v) is 4.15. The average molecular weight is 434 g/mol. The van der Waals surface area contributed by atoms with E-state index in [-0.39, 0.29) is 16.6 Å². The Morgan fingerprint density at radius 3 is 1.21 bits per heavy atom. The van der Waals surface area contributed by atoms with E-state index in [0.717, 1.165) is 33.4 Å². The number of benzene rings is 4. The Bertz CT molecular complexity index is 1150. The molecule has 4 aromatic carbocycles. The standard InChI is InChI=1S/C32H33O/c1-31(2,3)26-16-12-23(13-17-26)28-20-25(22-10-8-7-9-11-22)21-29(30(28)33)24-14-18-27(19-15-24)32(4,5)6/h7-21H,1-6H3. The van der Waals surface area contributed by atoms with Gasteiger partial charge in [0.05, 0.1) is 0 Å². The van der Waals surface area contributed by atoms with Crippen molar-refractivity contribution in [3.05, 3.63) is 102 Å². The van der Waals surface area contributed by atoms with Crippen molar-refractivity contribution in [1.29, 1.82) is 0 Å². The lowest BCUT2D eigenvalue weighted by Crippen LogP contribution is -2.10. The monoisotopic (exact) mass is 433 g/mol. The van der Waals surface area contributed by atoms with Gasteiger partial charge in [0.2, 0.25) is 0 Å². The van der Waals surface area contributed by atoms with Gasteiger partial charge in [-0.15, -0.1) is 0 Å². The zero-order valence-corrected chi connectivity index (χ0v) is 20.6. The minimum atomic E-state index is 0.0710. The Hall–Kier alpha value is -3.32. The summed E-state index contributed by atoms with van der Waals surface area (Å²) in [4.78, 5) is 0. The van der Waals surface area contributed by atoms with Crippen LogP contribution in [0.25, 0.3) is 33.4 Å². The summed E-state index contributed by atoms with van der Waals surface area (Å²) in [5, 5.41) is 13.7. The highest BCUT2D eigenvalue weighted by Gasteiger charge is 2.19. The third kappa shape index (κ3) is 4.88. The second-order valence-corrected chi connectivity index (χ2v) is 10.9. The van der Waals surface area contributed by atoms with Gasteiger partial charge in [0.15, 0.2) is 5.75 Å². The second-order valence-electron chi connectivity index (χ2n) is 10.9. The first-order valence-electron chi connectivity index (χ1n) is 11.7. The molecule has 0 saturated heterocycles. The first-order valence-corrected chi connectivity index (χ1v) is 11.7. The first kappa shape index (κ1) is 22.9. The number of hydrogen-bond acceptors (Lipinski definition) is 0. The normalized spacial score (nSPS) is 12.1. The third-order valence-corrected chi connectivity index (χ3v) is 6.32. The highest BCUT2D eigenvalue weighted by Crippen LogP contribution is 2.43. The van der Waals surface area contributed by atoms with Crippen LogP contribution in [0, 0.1) is 0 Å². The molecule has 0 bridgehead atoms. The molecule has 1 nitrogen and oxygen atoms in total. The van der Waals surface area contributed by atoms with Gasteiger partial charge < -0.3 is 0 Å². The van der Waals surface area contributed by atoms with Crippen LogP contribution in [-0.2, 0) is 15.9 Å². The summed E-state index contributed by atoms with van der Waals surface area (Å²) in [6.07, 6.45) is 0. The van der Waals surface area contributed by atoms with Crippen molar-refractivity contribution in [1.82, 2.24) is 0 Å². The minimum Gasteiger partial charge on any atom is -0.289 e. The van der Waals surface area contributed by atoms with Gasteiger partial charge in [-0.05, 0) is 56.3 Å². The molecule has 1 radical (unpaired) electrons. The van der Waals surface area contributed by atoms with Crippen LogP contribution in [0.2, 0.25) is 0 Å². The molecule has 1 heteroatoms. The van der Waals surface area contributed by atoms with E-state index < -0.39 is 0 Å². The first-order chi connectivity index (χ1) is 15.5. The number of rotatable bonds is 3. The summed E-state index contributed by atoms with van der Waals surface area (Å²) < 4.78 is 0. The van der Waals surface area contributed by atoms with Crippen LogP contribution in [0.3, 0.4) is 0 Å². The summed E-state index contributed by atoms with van der Waals surface area (Å²) in [6.45, 7) is 13.2. The Morgan fingerprint density at radius 1 is 0.455 bits per heavy atom. The quantitative estimate of drug-likeness (QED) is 0.306. The van der Waals surface area contributed by atoms with Crippen molar-refractivity contribution in [2.45, 2.75) is 52.4 Å². The molecule has 0 spiro atoms. The molecule has 167 valence electrons. The Labute approximate surface area is 198 Å². The van der Waals surface area contributed by atoms with Gasteiger partial charge in [-0.2, -0.15) is 0 Å². The summed E-state index contributed by atoms with van der Waals surface area (Å²) in [6, 6.07) is 31.3. The smallest absolute Gasteiger partial charge is 0.194 e. The molecule has 0 heterocycles. The zero-order chi connectivity index (χ0) is 23.8. The molecule has 0 N–H and O–H groups in total. The van der Waals surface area contributed by atoms with Crippen molar-refractivity contribution in [3.8, 4) is 39.1 Å². The fourth-order valence-electron chi connectivity index (χ4n) is 4.15. The molecule has 4 aromatic rings. The Balaban J connectivity index is 1.88. The molecule has 0 amide bonds. The SMILES string of the molecule is CC(C)(C)c1ccc(-c2cc(-c3ccccc3)cc(-c3ccc(C(C)(C)C)cc3)c2[O])cc1. The predicted molar refractivity (Wildman–Crippen MR) is 140 cm³/mol. The van der Waals surface area contributed by atoms with Crippen LogP contribution in [0.15, 0.2) is 91.0 Å². The second kappa shape index (κ2) is 8.56.